The van der Waals surface area contributed by atoms with Gasteiger partial charge in [-0.15, -0.1) is 25.3 Å². The van der Waals surface area contributed by atoms with Gasteiger partial charge in [0.1, 0.15) is 0 Å². The van der Waals surface area contributed by atoms with E-state index in [9.17, 15) is 0 Å². The standard InChI is InChI=1S/2C12H11NS.CH4/c13-11-8-10(6-7-12(11)14)9-4-2-1-3-5-9;13-11-7-6-10(8-12(11)14)9-4-2-1-3-5-9;/h2*1-8,14H,13H2;1H4. The molecule has 0 saturated carbocycles. The fourth-order valence-corrected chi connectivity index (χ4v) is 3.07. The number of hydrogen-bond acceptors (Lipinski definition) is 4. The zero-order chi connectivity index (χ0) is 19.9. The number of benzene rings is 4. The molecule has 4 heteroatoms. The molecule has 29 heavy (non-hydrogen) atoms. The van der Waals surface area contributed by atoms with Gasteiger partial charge in [-0.3, -0.25) is 0 Å². The molecule has 0 radical (unpaired) electrons. The Labute approximate surface area is 184 Å². The lowest BCUT2D eigenvalue weighted by Crippen LogP contribution is -1.87. The minimum atomic E-state index is 0. The summed E-state index contributed by atoms with van der Waals surface area (Å²) in [6.45, 7) is 0. The summed E-state index contributed by atoms with van der Waals surface area (Å²) in [6, 6.07) is 32.1. The number of anilines is 2. The third kappa shape index (κ3) is 6.08. The SMILES string of the molecule is C.Nc1cc(-c2ccccc2)ccc1S.Nc1ccc(-c2ccccc2)cc1S. The van der Waals surface area contributed by atoms with Gasteiger partial charge in [0.15, 0.2) is 0 Å². The summed E-state index contributed by atoms with van der Waals surface area (Å²) in [7, 11) is 0. The highest BCUT2D eigenvalue weighted by Gasteiger charge is 2.00. The second-order valence-corrected chi connectivity index (χ2v) is 7.24. The summed E-state index contributed by atoms with van der Waals surface area (Å²) in [5.41, 5.74) is 17.5. The lowest BCUT2D eigenvalue weighted by molar-refractivity contribution is 1.46. The largest absolute Gasteiger partial charge is 0.398 e. The van der Waals surface area contributed by atoms with Crippen molar-refractivity contribution in [1.29, 1.82) is 0 Å². The second kappa shape index (κ2) is 10.6. The first-order chi connectivity index (χ1) is 13.5. The first kappa shape index (κ1) is 22.5. The van der Waals surface area contributed by atoms with Crippen molar-refractivity contribution in [3.63, 3.8) is 0 Å². The van der Waals surface area contributed by atoms with Gasteiger partial charge in [-0.2, -0.15) is 0 Å². The molecule has 0 aliphatic heterocycles. The van der Waals surface area contributed by atoms with Crippen molar-refractivity contribution in [3.05, 3.63) is 97.1 Å². The van der Waals surface area contributed by atoms with Crippen LogP contribution >= 0.6 is 25.3 Å². The molecule has 0 saturated heterocycles. The highest BCUT2D eigenvalue weighted by molar-refractivity contribution is 7.80. The minimum Gasteiger partial charge on any atom is -0.398 e. The van der Waals surface area contributed by atoms with Gasteiger partial charge in [-0.1, -0.05) is 80.2 Å². The fraction of sp³-hybridized carbons (Fsp3) is 0.0400. The summed E-state index contributed by atoms with van der Waals surface area (Å²) in [4.78, 5) is 1.65. The number of rotatable bonds is 2. The molecular formula is C25H26N2S2. The maximum Gasteiger partial charge on any atom is 0.0455 e. The van der Waals surface area contributed by atoms with E-state index in [0.717, 1.165) is 26.6 Å². The molecule has 4 rings (SSSR count). The Hall–Kier alpha value is -2.82. The Morgan fingerprint density at radius 2 is 0.931 bits per heavy atom. The molecule has 4 aromatic carbocycles. The van der Waals surface area contributed by atoms with E-state index in [0.29, 0.717) is 5.69 Å². The topological polar surface area (TPSA) is 52.0 Å². The molecule has 0 atom stereocenters. The van der Waals surface area contributed by atoms with Crippen LogP contribution in [0.4, 0.5) is 11.4 Å². The summed E-state index contributed by atoms with van der Waals surface area (Å²) in [6.07, 6.45) is 0. The number of nitrogen functional groups attached to an aromatic ring is 2. The van der Waals surface area contributed by atoms with Crippen molar-refractivity contribution >= 4 is 36.6 Å². The molecule has 0 spiro atoms. The Bertz CT molecular complexity index is 962. The van der Waals surface area contributed by atoms with Crippen LogP contribution in [0.25, 0.3) is 22.3 Å². The Morgan fingerprint density at radius 3 is 1.41 bits per heavy atom. The average molecular weight is 419 g/mol. The highest BCUT2D eigenvalue weighted by Crippen LogP contribution is 2.26. The minimum absolute atomic E-state index is 0. The van der Waals surface area contributed by atoms with Crippen molar-refractivity contribution in [2.24, 2.45) is 0 Å². The normalized spacial score (nSPS) is 9.72. The van der Waals surface area contributed by atoms with Crippen LogP contribution in [-0.4, -0.2) is 0 Å². The van der Waals surface area contributed by atoms with Gasteiger partial charge in [-0.25, -0.2) is 0 Å². The van der Waals surface area contributed by atoms with E-state index in [1.165, 1.54) is 11.1 Å². The summed E-state index contributed by atoms with van der Waals surface area (Å²) in [5, 5.41) is 0. The Balaban J connectivity index is 0.000000200. The molecule has 0 heterocycles. The lowest BCUT2D eigenvalue weighted by atomic mass is 10.1. The van der Waals surface area contributed by atoms with Crippen LogP contribution in [0.2, 0.25) is 0 Å². The molecule has 0 unspecified atom stereocenters. The fourth-order valence-electron chi connectivity index (χ4n) is 2.72. The first-order valence-corrected chi connectivity index (χ1v) is 9.72. The number of thiol groups is 2. The molecule has 0 aliphatic carbocycles. The predicted octanol–water partition coefficient (Wildman–Crippen LogP) is 7.09. The van der Waals surface area contributed by atoms with Crippen LogP contribution in [-0.2, 0) is 0 Å². The van der Waals surface area contributed by atoms with Gasteiger partial charge in [-0.05, 0) is 46.5 Å². The second-order valence-electron chi connectivity index (χ2n) is 6.28. The van der Waals surface area contributed by atoms with E-state index in [4.69, 9.17) is 11.5 Å². The van der Waals surface area contributed by atoms with E-state index >= 15 is 0 Å². The average Bonchev–Trinajstić information content (AvgIpc) is 2.74. The van der Waals surface area contributed by atoms with Crippen LogP contribution < -0.4 is 11.5 Å². The number of nitrogens with two attached hydrogens (primary N) is 2. The van der Waals surface area contributed by atoms with Crippen LogP contribution in [0.15, 0.2) is 107 Å². The van der Waals surface area contributed by atoms with Crippen molar-refractivity contribution in [2.45, 2.75) is 17.2 Å². The van der Waals surface area contributed by atoms with Crippen LogP contribution in [0.3, 0.4) is 0 Å². The van der Waals surface area contributed by atoms with Crippen LogP contribution in [0.5, 0.6) is 0 Å². The molecule has 0 fully saturated rings. The van der Waals surface area contributed by atoms with Gasteiger partial charge in [0.2, 0.25) is 0 Å². The van der Waals surface area contributed by atoms with E-state index in [-0.39, 0.29) is 7.43 Å². The van der Waals surface area contributed by atoms with Crippen LogP contribution in [0.1, 0.15) is 7.43 Å². The summed E-state index contributed by atoms with van der Waals surface area (Å²) in [5.74, 6) is 0. The van der Waals surface area contributed by atoms with Crippen molar-refractivity contribution in [2.75, 3.05) is 11.5 Å². The Kier molecular flexibility index (Phi) is 8.25. The molecule has 148 valence electrons. The van der Waals surface area contributed by atoms with Gasteiger partial charge in [0.25, 0.3) is 0 Å². The van der Waals surface area contributed by atoms with E-state index < -0.39 is 0 Å². The molecule has 0 aliphatic rings. The molecule has 4 N–H and O–H groups in total. The molecule has 2 nitrogen and oxygen atoms in total. The van der Waals surface area contributed by atoms with E-state index in [1.54, 1.807) is 0 Å². The van der Waals surface area contributed by atoms with Crippen molar-refractivity contribution in [1.82, 2.24) is 0 Å². The summed E-state index contributed by atoms with van der Waals surface area (Å²) >= 11 is 8.53. The zero-order valence-electron chi connectivity index (χ0n) is 15.3. The van der Waals surface area contributed by atoms with E-state index in [2.05, 4.69) is 49.5 Å². The Morgan fingerprint density at radius 1 is 0.448 bits per heavy atom. The van der Waals surface area contributed by atoms with Gasteiger partial charge in [0, 0.05) is 21.2 Å². The molecular weight excluding hydrogens is 392 g/mol. The first-order valence-electron chi connectivity index (χ1n) is 8.82. The maximum atomic E-state index is 5.78. The van der Waals surface area contributed by atoms with Gasteiger partial charge >= 0.3 is 0 Å². The van der Waals surface area contributed by atoms with Crippen molar-refractivity contribution in [3.8, 4) is 22.3 Å². The van der Waals surface area contributed by atoms with E-state index in [1.807, 2.05) is 72.8 Å². The van der Waals surface area contributed by atoms with Gasteiger partial charge < -0.3 is 11.5 Å². The lowest BCUT2D eigenvalue weighted by Gasteiger charge is -2.04. The highest BCUT2D eigenvalue weighted by atomic mass is 32.1. The zero-order valence-corrected chi connectivity index (χ0v) is 17.1. The molecule has 4 aromatic rings. The predicted molar refractivity (Wildman–Crippen MR) is 134 cm³/mol. The smallest absolute Gasteiger partial charge is 0.0455 e. The molecule has 0 bridgehead atoms. The third-order valence-corrected chi connectivity index (χ3v) is 5.07. The number of hydrogen-bond donors (Lipinski definition) is 4. The van der Waals surface area contributed by atoms with Gasteiger partial charge in [0.05, 0.1) is 0 Å². The third-order valence-electron chi connectivity index (χ3n) is 4.27. The summed E-state index contributed by atoms with van der Waals surface area (Å²) < 4.78 is 0. The van der Waals surface area contributed by atoms with Crippen molar-refractivity contribution < 1.29 is 0 Å². The monoisotopic (exact) mass is 418 g/mol. The molecule has 0 amide bonds. The van der Waals surface area contributed by atoms with Crippen LogP contribution in [0, 0.1) is 0 Å². The quantitative estimate of drug-likeness (QED) is 0.207. The maximum absolute atomic E-state index is 5.78. The molecule has 0 aromatic heterocycles.